The highest BCUT2D eigenvalue weighted by Crippen LogP contribution is 2.25. The first-order chi connectivity index (χ1) is 9.19. The van der Waals surface area contributed by atoms with Crippen molar-refractivity contribution >= 4 is 0 Å². The van der Waals surface area contributed by atoms with Crippen LogP contribution < -0.4 is 10.1 Å². The molecule has 0 amide bonds. The summed E-state index contributed by atoms with van der Waals surface area (Å²) in [5.41, 5.74) is 1.85. The van der Waals surface area contributed by atoms with Crippen LogP contribution in [0.4, 0.5) is 4.39 Å². The predicted molar refractivity (Wildman–Crippen MR) is 71.8 cm³/mol. The fraction of sp³-hybridized carbons (Fsp3) is 0.357. The Morgan fingerprint density at radius 1 is 1.42 bits per heavy atom. The largest absolute Gasteiger partial charge is 0.494 e. The Bertz CT molecular complexity index is 553. The number of nitrogens with zero attached hydrogens (tertiary/aromatic N) is 2. The van der Waals surface area contributed by atoms with E-state index in [2.05, 4.69) is 10.4 Å². The van der Waals surface area contributed by atoms with E-state index in [1.54, 1.807) is 12.3 Å². The number of aryl methyl sites for hydroxylation is 1. The Hall–Kier alpha value is -1.88. The van der Waals surface area contributed by atoms with Gasteiger partial charge in [-0.05, 0) is 31.7 Å². The van der Waals surface area contributed by atoms with Crippen LogP contribution in [-0.2, 0) is 6.54 Å². The van der Waals surface area contributed by atoms with Crippen LogP contribution in [0.2, 0.25) is 0 Å². The third-order valence-corrected chi connectivity index (χ3v) is 3.11. The van der Waals surface area contributed by atoms with Gasteiger partial charge in [-0.3, -0.25) is 4.68 Å². The third kappa shape index (κ3) is 2.76. The van der Waals surface area contributed by atoms with Crippen LogP contribution in [-0.4, -0.2) is 23.9 Å². The maximum Gasteiger partial charge on any atom is 0.165 e. The fourth-order valence-electron chi connectivity index (χ4n) is 2.09. The van der Waals surface area contributed by atoms with Crippen LogP contribution in [0.1, 0.15) is 24.1 Å². The van der Waals surface area contributed by atoms with E-state index in [-0.39, 0.29) is 17.6 Å². The zero-order chi connectivity index (χ0) is 13.8. The lowest BCUT2D eigenvalue weighted by molar-refractivity contribution is 0.386. The van der Waals surface area contributed by atoms with E-state index in [9.17, 15) is 4.39 Å². The molecule has 2 rings (SSSR count). The van der Waals surface area contributed by atoms with Crippen molar-refractivity contribution < 1.29 is 9.13 Å². The summed E-state index contributed by atoms with van der Waals surface area (Å²) in [6.07, 6.45) is 3.76. The SMILES string of the molecule is CCn1cc(C(NC)c2ccc(OC)c(F)c2)cn1. The summed E-state index contributed by atoms with van der Waals surface area (Å²) in [6.45, 7) is 2.84. The molecular formula is C14H18FN3O. The summed E-state index contributed by atoms with van der Waals surface area (Å²) in [5, 5.41) is 7.42. The molecular weight excluding hydrogens is 245 g/mol. The minimum absolute atomic E-state index is 0.0827. The van der Waals surface area contributed by atoms with Crippen LogP contribution in [0.25, 0.3) is 0 Å². The number of halogens is 1. The summed E-state index contributed by atoms with van der Waals surface area (Å²) >= 11 is 0. The molecule has 0 spiro atoms. The molecule has 1 aromatic heterocycles. The zero-order valence-electron chi connectivity index (χ0n) is 11.4. The lowest BCUT2D eigenvalue weighted by Gasteiger charge is -2.15. The first kappa shape index (κ1) is 13.5. The number of methoxy groups -OCH3 is 1. The van der Waals surface area contributed by atoms with E-state index >= 15 is 0 Å². The molecule has 0 radical (unpaired) electrons. The van der Waals surface area contributed by atoms with Gasteiger partial charge in [-0.25, -0.2) is 4.39 Å². The molecule has 0 aliphatic rings. The zero-order valence-corrected chi connectivity index (χ0v) is 11.4. The van der Waals surface area contributed by atoms with Gasteiger partial charge < -0.3 is 10.1 Å². The predicted octanol–water partition coefficient (Wildman–Crippen LogP) is 2.36. The fourth-order valence-corrected chi connectivity index (χ4v) is 2.09. The Kier molecular flexibility index (Phi) is 4.16. The quantitative estimate of drug-likeness (QED) is 0.900. The Labute approximate surface area is 112 Å². The molecule has 0 aliphatic heterocycles. The molecule has 5 heteroatoms. The summed E-state index contributed by atoms with van der Waals surface area (Å²) in [6, 6.07) is 4.90. The Morgan fingerprint density at radius 2 is 2.21 bits per heavy atom. The summed E-state index contributed by atoms with van der Waals surface area (Å²) in [4.78, 5) is 0. The van der Waals surface area contributed by atoms with Crippen molar-refractivity contribution in [2.24, 2.45) is 0 Å². The minimum atomic E-state index is -0.358. The second-order valence-corrected chi connectivity index (χ2v) is 4.25. The van der Waals surface area contributed by atoms with Crippen molar-refractivity contribution in [1.82, 2.24) is 15.1 Å². The minimum Gasteiger partial charge on any atom is -0.494 e. The van der Waals surface area contributed by atoms with E-state index in [1.165, 1.54) is 13.2 Å². The molecule has 0 bridgehead atoms. The number of aromatic nitrogens is 2. The second-order valence-electron chi connectivity index (χ2n) is 4.25. The molecule has 0 fully saturated rings. The van der Waals surface area contributed by atoms with Crippen molar-refractivity contribution in [3.8, 4) is 5.75 Å². The molecule has 0 saturated carbocycles. The molecule has 2 aromatic rings. The van der Waals surface area contributed by atoms with Crippen molar-refractivity contribution in [3.05, 3.63) is 47.5 Å². The first-order valence-electron chi connectivity index (χ1n) is 6.22. The van der Waals surface area contributed by atoms with Crippen LogP contribution in [0.5, 0.6) is 5.75 Å². The normalized spacial score (nSPS) is 12.4. The van der Waals surface area contributed by atoms with Crippen molar-refractivity contribution in [2.45, 2.75) is 19.5 Å². The van der Waals surface area contributed by atoms with Gasteiger partial charge >= 0.3 is 0 Å². The molecule has 1 atom stereocenters. The van der Waals surface area contributed by atoms with Crippen LogP contribution >= 0.6 is 0 Å². The van der Waals surface area contributed by atoms with E-state index < -0.39 is 0 Å². The van der Waals surface area contributed by atoms with Gasteiger partial charge in [0.1, 0.15) is 0 Å². The molecule has 0 aliphatic carbocycles. The highest BCUT2D eigenvalue weighted by molar-refractivity contribution is 5.35. The standard InChI is InChI=1S/C14H18FN3O/c1-4-18-9-11(8-17-18)14(16-2)10-5-6-13(19-3)12(15)7-10/h5-9,14,16H,4H2,1-3H3. The van der Waals surface area contributed by atoms with E-state index in [4.69, 9.17) is 4.74 Å². The summed E-state index contributed by atoms with van der Waals surface area (Å²) in [5.74, 6) is -0.106. The lowest BCUT2D eigenvalue weighted by Crippen LogP contribution is -2.17. The van der Waals surface area contributed by atoms with Gasteiger partial charge in [0.05, 0.1) is 19.3 Å². The van der Waals surface area contributed by atoms with E-state index in [1.807, 2.05) is 30.9 Å². The first-order valence-corrected chi connectivity index (χ1v) is 6.22. The smallest absolute Gasteiger partial charge is 0.165 e. The van der Waals surface area contributed by atoms with Gasteiger partial charge in [0.2, 0.25) is 0 Å². The number of ether oxygens (including phenoxy) is 1. The highest BCUT2D eigenvalue weighted by Gasteiger charge is 2.16. The van der Waals surface area contributed by atoms with Gasteiger partial charge in [-0.15, -0.1) is 0 Å². The highest BCUT2D eigenvalue weighted by atomic mass is 19.1. The van der Waals surface area contributed by atoms with E-state index in [0.29, 0.717) is 0 Å². The van der Waals surface area contributed by atoms with Gasteiger partial charge in [0, 0.05) is 18.3 Å². The average Bonchev–Trinajstić information content (AvgIpc) is 2.88. The molecule has 1 N–H and O–H groups in total. The van der Waals surface area contributed by atoms with Gasteiger partial charge in [0.15, 0.2) is 11.6 Å². The van der Waals surface area contributed by atoms with Crippen LogP contribution in [0.3, 0.4) is 0 Å². The van der Waals surface area contributed by atoms with Crippen molar-refractivity contribution in [2.75, 3.05) is 14.2 Å². The van der Waals surface area contributed by atoms with Crippen molar-refractivity contribution in [3.63, 3.8) is 0 Å². The summed E-state index contributed by atoms with van der Waals surface area (Å²) < 4.78 is 20.5. The number of nitrogens with one attached hydrogen (secondary N) is 1. The van der Waals surface area contributed by atoms with Crippen molar-refractivity contribution in [1.29, 1.82) is 0 Å². The summed E-state index contributed by atoms with van der Waals surface area (Å²) in [7, 11) is 3.30. The van der Waals surface area contributed by atoms with Crippen LogP contribution in [0, 0.1) is 5.82 Å². The average molecular weight is 263 g/mol. The molecule has 4 nitrogen and oxygen atoms in total. The second kappa shape index (κ2) is 5.84. The van der Waals surface area contributed by atoms with Crippen LogP contribution in [0.15, 0.2) is 30.6 Å². The monoisotopic (exact) mass is 263 g/mol. The lowest BCUT2D eigenvalue weighted by atomic mass is 10.0. The maximum atomic E-state index is 13.8. The molecule has 1 aromatic carbocycles. The Morgan fingerprint density at radius 3 is 2.74 bits per heavy atom. The van der Waals surface area contributed by atoms with Gasteiger partial charge in [-0.2, -0.15) is 5.10 Å². The van der Waals surface area contributed by atoms with Gasteiger partial charge in [0.25, 0.3) is 0 Å². The molecule has 0 saturated heterocycles. The molecule has 1 unspecified atom stereocenters. The number of benzene rings is 1. The topological polar surface area (TPSA) is 39.1 Å². The number of hydrogen-bond acceptors (Lipinski definition) is 3. The Balaban J connectivity index is 2.33. The molecule has 19 heavy (non-hydrogen) atoms. The molecule has 102 valence electrons. The van der Waals surface area contributed by atoms with Gasteiger partial charge in [-0.1, -0.05) is 6.07 Å². The maximum absolute atomic E-state index is 13.8. The van der Waals surface area contributed by atoms with E-state index in [0.717, 1.165) is 17.7 Å². The third-order valence-electron chi connectivity index (χ3n) is 3.11. The molecule has 1 heterocycles. The number of rotatable bonds is 5. The number of hydrogen-bond donors (Lipinski definition) is 1.